The maximum Gasteiger partial charge on any atom is 0.253 e. The number of hydrogen-bond donors (Lipinski definition) is 0. The second-order valence-corrected chi connectivity index (χ2v) is 5.79. The third kappa shape index (κ3) is 2.66. The Labute approximate surface area is 115 Å². The van der Waals surface area contributed by atoms with E-state index in [-0.39, 0.29) is 5.91 Å². The van der Waals surface area contributed by atoms with Gasteiger partial charge in [0.2, 0.25) is 0 Å². The largest absolute Gasteiger partial charge is 0.336 e. The van der Waals surface area contributed by atoms with Crippen molar-refractivity contribution in [2.45, 2.75) is 25.7 Å². The van der Waals surface area contributed by atoms with Gasteiger partial charge in [0, 0.05) is 31.7 Å². The Bertz CT molecular complexity index is 476. The van der Waals surface area contributed by atoms with Gasteiger partial charge in [-0.3, -0.25) is 4.79 Å². The molecule has 0 N–H and O–H groups in total. The topological polar surface area (TPSA) is 23.6 Å². The summed E-state index contributed by atoms with van der Waals surface area (Å²) in [6.07, 6.45) is 4.87. The van der Waals surface area contributed by atoms with Crippen molar-refractivity contribution in [1.82, 2.24) is 9.80 Å². The molecule has 0 radical (unpaired) electrons. The molecule has 3 heteroatoms. The average Bonchev–Trinajstić information content (AvgIpc) is 2.47. The molecule has 0 spiro atoms. The van der Waals surface area contributed by atoms with Gasteiger partial charge in [-0.2, -0.15) is 0 Å². The number of piperazine rings is 1. The maximum absolute atomic E-state index is 12.5. The highest BCUT2D eigenvalue weighted by Crippen LogP contribution is 2.23. The van der Waals surface area contributed by atoms with Gasteiger partial charge in [0.1, 0.15) is 0 Å². The normalized spacial score (nSPS) is 20.2. The average molecular weight is 258 g/mol. The Morgan fingerprint density at radius 2 is 1.68 bits per heavy atom. The summed E-state index contributed by atoms with van der Waals surface area (Å²) in [4.78, 5) is 16.8. The van der Waals surface area contributed by atoms with Gasteiger partial charge in [0.25, 0.3) is 5.91 Å². The third-order valence-corrected chi connectivity index (χ3v) is 4.39. The van der Waals surface area contributed by atoms with Crippen LogP contribution in [0.3, 0.4) is 0 Å². The minimum atomic E-state index is 0.210. The van der Waals surface area contributed by atoms with Gasteiger partial charge in [-0.15, -0.1) is 0 Å². The molecule has 2 aliphatic rings. The first kappa shape index (κ1) is 12.7. The number of benzene rings is 1. The Hall–Kier alpha value is -1.35. The minimum absolute atomic E-state index is 0.210. The van der Waals surface area contributed by atoms with Crippen molar-refractivity contribution in [1.29, 1.82) is 0 Å². The van der Waals surface area contributed by atoms with Crippen molar-refractivity contribution in [3.8, 4) is 0 Å². The summed E-state index contributed by atoms with van der Waals surface area (Å²) in [5, 5.41) is 0. The molecule has 1 amide bonds. The van der Waals surface area contributed by atoms with Gasteiger partial charge in [-0.25, -0.2) is 0 Å². The van der Waals surface area contributed by atoms with Crippen molar-refractivity contribution in [3.63, 3.8) is 0 Å². The first-order valence-electron chi connectivity index (χ1n) is 7.33. The number of aryl methyl sites for hydroxylation is 2. The smallest absolute Gasteiger partial charge is 0.253 e. The number of rotatable bonds is 1. The van der Waals surface area contributed by atoms with Gasteiger partial charge < -0.3 is 9.80 Å². The molecule has 19 heavy (non-hydrogen) atoms. The molecule has 102 valence electrons. The lowest BCUT2D eigenvalue weighted by Crippen LogP contribution is -2.47. The lowest BCUT2D eigenvalue weighted by molar-refractivity contribution is 0.0664. The third-order valence-electron chi connectivity index (χ3n) is 4.39. The standard InChI is InChI=1S/C16H22N2O/c1-17-8-10-18(11-9-17)16(19)15-7-6-13-4-2-3-5-14(13)12-15/h6-7,12H,2-5,8-11H2,1H3. The second-order valence-electron chi connectivity index (χ2n) is 5.79. The number of fused-ring (bicyclic) bond motifs is 1. The van der Waals surface area contributed by atoms with Crippen LogP contribution < -0.4 is 0 Å². The van der Waals surface area contributed by atoms with Crippen LogP contribution in [-0.2, 0) is 12.8 Å². The van der Waals surface area contributed by atoms with Crippen molar-refractivity contribution in [2.24, 2.45) is 0 Å². The Kier molecular flexibility index (Phi) is 3.56. The lowest BCUT2D eigenvalue weighted by Gasteiger charge is -2.32. The Morgan fingerprint density at radius 3 is 2.42 bits per heavy atom. The fourth-order valence-corrected chi connectivity index (χ4v) is 3.06. The zero-order valence-corrected chi connectivity index (χ0v) is 11.7. The molecule has 3 rings (SSSR count). The molecule has 1 fully saturated rings. The predicted molar refractivity (Wildman–Crippen MR) is 76.5 cm³/mol. The second kappa shape index (κ2) is 5.33. The monoisotopic (exact) mass is 258 g/mol. The van der Waals surface area contributed by atoms with Crippen molar-refractivity contribution in [3.05, 3.63) is 34.9 Å². The summed E-state index contributed by atoms with van der Waals surface area (Å²) in [7, 11) is 2.11. The van der Waals surface area contributed by atoms with Gasteiger partial charge in [0.15, 0.2) is 0 Å². The van der Waals surface area contributed by atoms with Gasteiger partial charge in [0.05, 0.1) is 0 Å². The van der Waals surface area contributed by atoms with E-state index in [0.717, 1.165) is 38.2 Å². The molecule has 0 bridgehead atoms. The molecular weight excluding hydrogens is 236 g/mol. The number of amides is 1. The van der Waals surface area contributed by atoms with Crippen LogP contribution in [0.2, 0.25) is 0 Å². The van der Waals surface area contributed by atoms with Crippen LogP contribution in [0.5, 0.6) is 0 Å². The number of likely N-dealkylation sites (N-methyl/N-ethyl adjacent to an activating group) is 1. The van der Waals surface area contributed by atoms with Gasteiger partial charge in [-0.1, -0.05) is 6.07 Å². The van der Waals surface area contributed by atoms with E-state index >= 15 is 0 Å². The summed E-state index contributed by atoms with van der Waals surface area (Å²) in [5.74, 6) is 0.210. The molecule has 0 unspecified atom stereocenters. The number of carbonyl (C=O) groups is 1. The van der Waals surface area contributed by atoms with E-state index in [2.05, 4.69) is 24.1 Å². The predicted octanol–water partition coefficient (Wildman–Crippen LogP) is 1.95. The van der Waals surface area contributed by atoms with E-state index in [1.807, 2.05) is 11.0 Å². The molecule has 1 saturated heterocycles. The van der Waals surface area contributed by atoms with Crippen LogP contribution in [0.1, 0.15) is 34.3 Å². The van der Waals surface area contributed by atoms with Gasteiger partial charge >= 0.3 is 0 Å². The van der Waals surface area contributed by atoms with Crippen LogP contribution >= 0.6 is 0 Å². The molecule has 0 atom stereocenters. The highest BCUT2D eigenvalue weighted by atomic mass is 16.2. The van der Waals surface area contributed by atoms with Crippen LogP contribution in [0.4, 0.5) is 0 Å². The first-order valence-corrected chi connectivity index (χ1v) is 7.33. The molecular formula is C16H22N2O. The molecule has 1 heterocycles. The lowest BCUT2D eigenvalue weighted by atomic mass is 9.90. The number of carbonyl (C=O) groups excluding carboxylic acids is 1. The molecule has 1 aromatic rings. The van der Waals surface area contributed by atoms with E-state index in [4.69, 9.17) is 0 Å². The maximum atomic E-state index is 12.5. The molecule has 3 nitrogen and oxygen atoms in total. The quantitative estimate of drug-likeness (QED) is 0.768. The highest BCUT2D eigenvalue weighted by Gasteiger charge is 2.21. The van der Waals surface area contributed by atoms with E-state index in [1.54, 1.807) is 0 Å². The summed E-state index contributed by atoms with van der Waals surface area (Å²) < 4.78 is 0. The van der Waals surface area contributed by atoms with Crippen LogP contribution in [0.25, 0.3) is 0 Å². The summed E-state index contributed by atoms with van der Waals surface area (Å²) in [5.41, 5.74) is 3.72. The molecule has 0 saturated carbocycles. The van der Waals surface area contributed by atoms with Crippen LogP contribution in [0.15, 0.2) is 18.2 Å². The summed E-state index contributed by atoms with van der Waals surface area (Å²) in [6, 6.07) is 6.32. The fraction of sp³-hybridized carbons (Fsp3) is 0.562. The first-order chi connectivity index (χ1) is 9.24. The van der Waals surface area contributed by atoms with E-state index in [1.165, 1.54) is 30.4 Å². The summed E-state index contributed by atoms with van der Waals surface area (Å²) in [6.45, 7) is 3.67. The number of hydrogen-bond acceptors (Lipinski definition) is 2. The SMILES string of the molecule is CN1CCN(C(=O)c2ccc3c(c2)CCCC3)CC1. The highest BCUT2D eigenvalue weighted by molar-refractivity contribution is 5.94. The van der Waals surface area contributed by atoms with Gasteiger partial charge in [-0.05, 0) is 56.0 Å². The van der Waals surface area contributed by atoms with Crippen molar-refractivity contribution < 1.29 is 4.79 Å². The fourth-order valence-electron chi connectivity index (χ4n) is 3.06. The molecule has 1 aromatic carbocycles. The molecule has 1 aliphatic heterocycles. The molecule has 1 aliphatic carbocycles. The van der Waals surface area contributed by atoms with Crippen LogP contribution in [-0.4, -0.2) is 48.9 Å². The zero-order valence-electron chi connectivity index (χ0n) is 11.7. The van der Waals surface area contributed by atoms with E-state index in [0.29, 0.717) is 0 Å². The van der Waals surface area contributed by atoms with E-state index < -0.39 is 0 Å². The Morgan fingerprint density at radius 1 is 1.00 bits per heavy atom. The summed E-state index contributed by atoms with van der Waals surface area (Å²) >= 11 is 0. The molecule has 0 aromatic heterocycles. The minimum Gasteiger partial charge on any atom is -0.336 e. The van der Waals surface area contributed by atoms with Crippen molar-refractivity contribution in [2.75, 3.05) is 33.2 Å². The Balaban J connectivity index is 1.76. The zero-order chi connectivity index (χ0) is 13.2. The van der Waals surface area contributed by atoms with E-state index in [9.17, 15) is 4.79 Å². The van der Waals surface area contributed by atoms with Crippen LogP contribution in [0, 0.1) is 0 Å². The number of nitrogens with zero attached hydrogens (tertiary/aromatic N) is 2. The van der Waals surface area contributed by atoms with Crippen molar-refractivity contribution >= 4 is 5.91 Å².